The number of aliphatic hydroxyl groups is 1. The minimum Gasteiger partial charge on any atom is -0.394 e. The van der Waals surface area contributed by atoms with E-state index in [0.717, 1.165) is 12.8 Å². The number of carbonyl (C=O) groups excluding carboxylic acids is 2. The van der Waals surface area contributed by atoms with E-state index in [1.807, 2.05) is 0 Å². The molecule has 0 saturated carbocycles. The molecule has 0 aromatic rings. The number of hydrogen-bond donors (Lipinski definition) is 3. The van der Waals surface area contributed by atoms with Crippen molar-refractivity contribution in [2.24, 2.45) is 11.8 Å². The molecular formula is C13H24N2O3. The normalized spacial score (nSPS) is 20.9. The third-order valence-corrected chi connectivity index (χ3v) is 3.27. The predicted molar refractivity (Wildman–Crippen MR) is 68.8 cm³/mol. The molecule has 1 saturated heterocycles. The predicted octanol–water partition coefficient (Wildman–Crippen LogP) is 0.426. The quantitative estimate of drug-likeness (QED) is 0.618. The van der Waals surface area contributed by atoms with Crippen LogP contribution in [0.15, 0.2) is 0 Å². The summed E-state index contributed by atoms with van der Waals surface area (Å²) in [6.07, 6.45) is 2.63. The second kappa shape index (κ2) is 7.36. The molecule has 1 aliphatic rings. The Morgan fingerprint density at radius 2 is 2.28 bits per heavy atom. The minimum atomic E-state index is -0.307. The maximum absolute atomic E-state index is 11.6. The van der Waals surface area contributed by atoms with Crippen molar-refractivity contribution in [3.63, 3.8) is 0 Å². The van der Waals surface area contributed by atoms with E-state index in [4.69, 9.17) is 0 Å². The molecule has 0 spiro atoms. The first-order valence-electron chi connectivity index (χ1n) is 6.70. The van der Waals surface area contributed by atoms with Crippen molar-refractivity contribution in [3.8, 4) is 0 Å². The van der Waals surface area contributed by atoms with Crippen molar-refractivity contribution in [2.45, 2.75) is 45.6 Å². The molecule has 1 aliphatic heterocycles. The van der Waals surface area contributed by atoms with Gasteiger partial charge in [-0.05, 0) is 25.2 Å². The topological polar surface area (TPSA) is 78.4 Å². The molecule has 2 amide bonds. The summed E-state index contributed by atoms with van der Waals surface area (Å²) in [5.41, 5.74) is 0. The van der Waals surface area contributed by atoms with Gasteiger partial charge >= 0.3 is 0 Å². The second-order valence-electron chi connectivity index (χ2n) is 5.39. The lowest BCUT2D eigenvalue weighted by atomic mass is 9.98. The maximum Gasteiger partial charge on any atom is 0.223 e. The summed E-state index contributed by atoms with van der Waals surface area (Å²) in [6, 6.07) is -0.307. The zero-order chi connectivity index (χ0) is 13.5. The molecule has 0 aromatic carbocycles. The second-order valence-corrected chi connectivity index (χ2v) is 5.39. The molecule has 1 heterocycles. The summed E-state index contributed by atoms with van der Waals surface area (Å²) in [5, 5.41) is 14.8. The molecule has 104 valence electrons. The van der Waals surface area contributed by atoms with Crippen molar-refractivity contribution >= 4 is 11.8 Å². The summed E-state index contributed by atoms with van der Waals surface area (Å²) < 4.78 is 0. The highest BCUT2D eigenvalue weighted by Gasteiger charge is 2.27. The fourth-order valence-electron chi connectivity index (χ4n) is 2.11. The van der Waals surface area contributed by atoms with Gasteiger partial charge in [-0.2, -0.15) is 0 Å². The molecule has 0 radical (unpaired) electrons. The van der Waals surface area contributed by atoms with Crippen molar-refractivity contribution < 1.29 is 14.7 Å². The van der Waals surface area contributed by atoms with Gasteiger partial charge in [0.15, 0.2) is 0 Å². The van der Waals surface area contributed by atoms with Crippen LogP contribution in [0.1, 0.15) is 39.5 Å². The highest BCUT2D eigenvalue weighted by Crippen LogP contribution is 2.16. The monoisotopic (exact) mass is 256 g/mol. The van der Waals surface area contributed by atoms with Crippen LogP contribution in [-0.2, 0) is 9.59 Å². The van der Waals surface area contributed by atoms with Crippen LogP contribution in [0.25, 0.3) is 0 Å². The van der Waals surface area contributed by atoms with Crippen molar-refractivity contribution in [3.05, 3.63) is 0 Å². The Morgan fingerprint density at radius 1 is 1.56 bits per heavy atom. The van der Waals surface area contributed by atoms with Gasteiger partial charge in [-0.3, -0.25) is 9.59 Å². The lowest BCUT2D eigenvalue weighted by Gasteiger charge is -2.19. The van der Waals surface area contributed by atoms with Gasteiger partial charge in [0.2, 0.25) is 11.8 Å². The van der Waals surface area contributed by atoms with Gasteiger partial charge in [-0.15, -0.1) is 0 Å². The third-order valence-electron chi connectivity index (χ3n) is 3.27. The summed E-state index contributed by atoms with van der Waals surface area (Å²) >= 11 is 0. The highest BCUT2D eigenvalue weighted by molar-refractivity contribution is 5.81. The zero-order valence-electron chi connectivity index (χ0n) is 11.2. The first-order valence-corrected chi connectivity index (χ1v) is 6.70. The lowest BCUT2D eigenvalue weighted by molar-refractivity contribution is -0.125. The maximum atomic E-state index is 11.6. The van der Waals surface area contributed by atoms with E-state index in [0.29, 0.717) is 25.3 Å². The van der Waals surface area contributed by atoms with Crippen molar-refractivity contribution in [1.82, 2.24) is 10.6 Å². The number of nitrogens with one attached hydrogen (secondary N) is 2. The van der Waals surface area contributed by atoms with Crippen molar-refractivity contribution in [2.75, 3.05) is 13.2 Å². The van der Waals surface area contributed by atoms with E-state index in [1.165, 1.54) is 0 Å². The number of hydrogen-bond acceptors (Lipinski definition) is 3. The number of carbonyl (C=O) groups is 2. The van der Waals surface area contributed by atoms with Crippen LogP contribution in [0.5, 0.6) is 0 Å². The number of aliphatic hydroxyl groups excluding tert-OH is 1. The molecule has 0 aromatic heterocycles. The minimum absolute atomic E-state index is 0.0323. The average molecular weight is 256 g/mol. The van der Waals surface area contributed by atoms with E-state index in [-0.39, 0.29) is 30.4 Å². The van der Waals surface area contributed by atoms with Gasteiger partial charge in [-0.1, -0.05) is 13.8 Å². The van der Waals surface area contributed by atoms with Gasteiger partial charge in [0.05, 0.1) is 12.6 Å². The van der Waals surface area contributed by atoms with E-state index >= 15 is 0 Å². The van der Waals surface area contributed by atoms with E-state index in [2.05, 4.69) is 24.5 Å². The molecule has 5 nitrogen and oxygen atoms in total. The Morgan fingerprint density at radius 3 is 2.78 bits per heavy atom. The molecule has 0 bridgehead atoms. The van der Waals surface area contributed by atoms with Gasteiger partial charge in [0.25, 0.3) is 0 Å². The smallest absolute Gasteiger partial charge is 0.223 e. The van der Waals surface area contributed by atoms with Crippen LogP contribution in [0.2, 0.25) is 0 Å². The third kappa shape index (κ3) is 5.04. The summed E-state index contributed by atoms with van der Waals surface area (Å²) in [7, 11) is 0. The van der Waals surface area contributed by atoms with E-state index < -0.39 is 0 Å². The molecule has 3 N–H and O–H groups in total. The Bertz CT molecular complexity index is 292. The van der Waals surface area contributed by atoms with E-state index in [1.54, 1.807) is 0 Å². The fourth-order valence-corrected chi connectivity index (χ4v) is 2.11. The van der Waals surface area contributed by atoms with Crippen LogP contribution in [0, 0.1) is 11.8 Å². The molecule has 1 fully saturated rings. The zero-order valence-corrected chi connectivity index (χ0v) is 11.2. The summed E-state index contributed by atoms with van der Waals surface area (Å²) in [6.45, 7) is 4.72. The summed E-state index contributed by atoms with van der Waals surface area (Å²) in [5.74, 6) is 0.405. The van der Waals surface area contributed by atoms with Gasteiger partial charge in [0, 0.05) is 18.9 Å². The molecule has 1 rings (SSSR count). The van der Waals surface area contributed by atoms with Crippen LogP contribution in [-0.4, -0.2) is 36.1 Å². The number of rotatable bonds is 7. The molecule has 0 unspecified atom stereocenters. The van der Waals surface area contributed by atoms with Gasteiger partial charge in [-0.25, -0.2) is 0 Å². The van der Waals surface area contributed by atoms with Crippen LogP contribution in [0.3, 0.4) is 0 Å². The molecule has 5 heteroatoms. The lowest BCUT2D eigenvalue weighted by Crippen LogP contribution is -2.39. The largest absolute Gasteiger partial charge is 0.394 e. The molecule has 2 atom stereocenters. The van der Waals surface area contributed by atoms with Gasteiger partial charge in [0.1, 0.15) is 0 Å². The Hall–Kier alpha value is -1.10. The fraction of sp³-hybridized carbons (Fsp3) is 0.846. The molecular weight excluding hydrogens is 232 g/mol. The molecule has 18 heavy (non-hydrogen) atoms. The standard InChI is InChI=1S/C13H24N2O3/c1-9(2)3-4-12(17)15-11(8-16)7-10-5-6-14-13(10)18/h9-11,16H,3-8H2,1-2H3,(H,14,18)(H,15,17)/t10-,11-/m0/s1. The van der Waals surface area contributed by atoms with Gasteiger partial charge < -0.3 is 15.7 Å². The number of amides is 2. The SMILES string of the molecule is CC(C)CCC(=O)N[C@H](CO)C[C@@H]1CCNC1=O. The van der Waals surface area contributed by atoms with Crippen LogP contribution >= 0.6 is 0 Å². The van der Waals surface area contributed by atoms with E-state index in [9.17, 15) is 14.7 Å². The Labute approximate surface area is 108 Å². The van der Waals surface area contributed by atoms with Crippen LogP contribution < -0.4 is 10.6 Å². The van der Waals surface area contributed by atoms with Crippen LogP contribution in [0.4, 0.5) is 0 Å². The Kier molecular flexibility index (Phi) is 6.12. The first-order chi connectivity index (χ1) is 8.52. The van der Waals surface area contributed by atoms with Crippen molar-refractivity contribution in [1.29, 1.82) is 0 Å². The first kappa shape index (κ1) is 15.0. The summed E-state index contributed by atoms with van der Waals surface area (Å²) in [4.78, 5) is 23.1. The Balaban J connectivity index is 2.32. The highest BCUT2D eigenvalue weighted by atomic mass is 16.3. The molecule has 0 aliphatic carbocycles. The average Bonchev–Trinajstić information content (AvgIpc) is 2.71.